The Morgan fingerprint density at radius 3 is 2.21 bits per heavy atom. The molecule has 0 aromatic heterocycles. The van der Waals surface area contributed by atoms with Gasteiger partial charge in [0, 0.05) is 31.2 Å². The van der Waals surface area contributed by atoms with Crippen LogP contribution in [0.4, 0.5) is 18.9 Å². The normalized spacial score (nSPS) is 12.0. The summed E-state index contributed by atoms with van der Waals surface area (Å²) < 4.78 is 38.8. The Bertz CT molecular complexity index is 419. The number of halogens is 4. The maximum absolute atomic E-state index is 12.9. The fourth-order valence-electron chi connectivity index (χ4n) is 1.66. The van der Waals surface area contributed by atoms with Crippen LogP contribution in [0.1, 0.15) is 11.1 Å². The monoisotopic (exact) mass is 338 g/mol. The van der Waals surface area contributed by atoms with Crippen LogP contribution in [-0.4, -0.2) is 39.1 Å². The standard InChI is InChI=1S/C13H18BrF3N2/c1-18(2)6-7-19(3)11-5-4-10(9-14)12(8-11)13(15,16)17/h4-5,8H,6-7,9H2,1-3H3. The van der Waals surface area contributed by atoms with Crippen LogP contribution in [0, 0.1) is 0 Å². The number of hydrogen-bond acceptors (Lipinski definition) is 2. The molecule has 0 saturated carbocycles. The first-order valence-electron chi connectivity index (χ1n) is 5.87. The number of nitrogens with zero attached hydrogens (tertiary/aromatic N) is 2. The van der Waals surface area contributed by atoms with Crippen LogP contribution >= 0.6 is 15.9 Å². The van der Waals surface area contributed by atoms with E-state index in [1.165, 1.54) is 12.1 Å². The lowest BCUT2D eigenvalue weighted by molar-refractivity contribution is -0.138. The zero-order valence-electron chi connectivity index (χ0n) is 11.3. The van der Waals surface area contributed by atoms with Gasteiger partial charge in [0.2, 0.25) is 0 Å². The second-order valence-electron chi connectivity index (χ2n) is 4.70. The van der Waals surface area contributed by atoms with Crippen molar-refractivity contribution in [1.82, 2.24) is 4.90 Å². The third kappa shape index (κ3) is 4.69. The Labute approximate surface area is 120 Å². The fourth-order valence-corrected chi connectivity index (χ4v) is 2.15. The fraction of sp³-hybridized carbons (Fsp3) is 0.538. The van der Waals surface area contributed by atoms with E-state index in [0.717, 1.165) is 6.54 Å². The molecule has 0 aliphatic heterocycles. The highest BCUT2D eigenvalue weighted by Gasteiger charge is 2.33. The number of likely N-dealkylation sites (N-methyl/N-ethyl adjacent to an activating group) is 2. The first kappa shape index (κ1) is 16.3. The van der Waals surface area contributed by atoms with E-state index in [1.807, 2.05) is 23.9 Å². The van der Waals surface area contributed by atoms with Crippen molar-refractivity contribution in [2.24, 2.45) is 0 Å². The van der Waals surface area contributed by atoms with Crippen LogP contribution in [0.25, 0.3) is 0 Å². The molecule has 0 amide bonds. The summed E-state index contributed by atoms with van der Waals surface area (Å²) >= 11 is 3.09. The molecule has 0 aliphatic rings. The van der Waals surface area contributed by atoms with Gasteiger partial charge in [0.05, 0.1) is 5.56 Å². The van der Waals surface area contributed by atoms with Gasteiger partial charge < -0.3 is 9.80 Å². The average molecular weight is 339 g/mol. The van der Waals surface area contributed by atoms with Gasteiger partial charge in [-0.2, -0.15) is 13.2 Å². The Morgan fingerprint density at radius 2 is 1.74 bits per heavy atom. The maximum Gasteiger partial charge on any atom is 0.416 e. The third-order valence-electron chi connectivity index (χ3n) is 2.87. The van der Waals surface area contributed by atoms with Gasteiger partial charge >= 0.3 is 6.18 Å². The second kappa shape index (κ2) is 6.61. The predicted molar refractivity (Wildman–Crippen MR) is 75.9 cm³/mol. The highest BCUT2D eigenvalue weighted by atomic mass is 79.9. The molecule has 0 radical (unpaired) electrons. The molecule has 1 aromatic carbocycles. The van der Waals surface area contributed by atoms with E-state index in [0.29, 0.717) is 12.2 Å². The van der Waals surface area contributed by atoms with Crippen molar-refractivity contribution in [2.75, 3.05) is 39.1 Å². The molecular formula is C13H18BrF3N2. The van der Waals surface area contributed by atoms with E-state index in [1.54, 1.807) is 13.1 Å². The van der Waals surface area contributed by atoms with Crippen molar-refractivity contribution in [3.05, 3.63) is 29.3 Å². The van der Waals surface area contributed by atoms with E-state index < -0.39 is 11.7 Å². The molecule has 0 unspecified atom stereocenters. The first-order chi connectivity index (χ1) is 8.75. The molecule has 0 spiro atoms. The Hall–Kier alpha value is -0.750. The van der Waals surface area contributed by atoms with Crippen LogP contribution in [0.3, 0.4) is 0 Å². The summed E-state index contributed by atoms with van der Waals surface area (Å²) in [7, 11) is 5.67. The molecule has 0 fully saturated rings. The molecule has 0 saturated heterocycles. The van der Waals surface area contributed by atoms with Crippen molar-refractivity contribution in [3.8, 4) is 0 Å². The van der Waals surface area contributed by atoms with Gasteiger partial charge in [-0.15, -0.1) is 0 Å². The van der Waals surface area contributed by atoms with E-state index >= 15 is 0 Å². The van der Waals surface area contributed by atoms with Gasteiger partial charge in [0.15, 0.2) is 0 Å². The summed E-state index contributed by atoms with van der Waals surface area (Å²) in [6.45, 7) is 1.47. The number of rotatable bonds is 5. The zero-order valence-corrected chi connectivity index (χ0v) is 12.8. The second-order valence-corrected chi connectivity index (χ2v) is 5.26. The van der Waals surface area contributed by atoms with Crippen molar-refractivity contribution >= 4 is 21.6 Å². The minimum atomic E-state index is -4.32. The van der Waals surface area contributed by atoms with Crippen LogP contribution in [0.2, 0.25) is 0 Å². The number of hydrogen-bond donors (Lipinski definition) is 0. The molecule has 1 rings (SSSR count). The number of benzene rings is 1. The minimum absolute atomic E-state index is 0.198. The van der Waals surface area contributed by atoms with Gasteiger partial charge in [-0.05, 0) is 31.8 Å². The molecular weight excluding hydrogens is 321 g/mol. The van der Waals surface area contributed by atoms with Crippen LogP contribution < -0.4 is 4.90 Å². The predicted octanol–water partition coefficient (Wildman–Crippen LogP) is 3.60. The van der Waals surface area contributed by atoms with Gasteiger partial charge in [0.25, 0.3) is 0 Å². The highest BCUT2D eigenvalue weighted by molar-refractivity contribution is 9.08. The van der Waals surface area contributed by atoms with Crippen molar-refractivity contribution in [2.45, 2.75) is 11.5 Å². The van der Waals surface area contributed by atoms with Crippen molar-refractivity contribution < 1.29 is 13.2 Å². The molecule has 0 heterocycles. The average Bonchev–Trinajstić information content (AvgIpc) is 2.34. The topological polar surface area (TPSA) is 6.48 Å². The summed E-state index contributed by atoms with van der Waals surface area (Å²) in [5.74, 6) is 0. The summed E-state index contributed by atoms with van der Waals surface area (Å²) in [6.07, 6.45) is -4.32. The van der Waals surface area contributed by atoms with Gasteiger partial charge in [-0.25, -0.2) is 0 Å². The van der Waals surface area contributed by atoms with Crippen LogP contribution in [0.5, 0.6) is 0 Å². The van der Waals surface area contributed by atoms with Crippen LogP contribution in [0.15, 0.2) is 18.2 Å². The quantitative estimate of drug-likeness (QED) is 0.757. The number of anilines is 1. The van der Waals surface area contributed by atoms with E-state index in [4.69, 9.17) is 0 Å². The van der Waals surface area contributed by atoms with Crippen molar-refractivity contribution in [3.63, 3.8) is 0 Å². The van der Waals surface area contributed by atoms with Gasteiger partial charge in [0.1, 0.15) is 0 Å². The molecule has 6 heteroatoms. The lowest BCUT2D eigenvalue weighted by Crippen LogP contribution is -2.28. The lowest BCUT2D eigenvalue weighted by Gasteiger charge is -2.23. The first-order valence-corrected chi connectivity index (χ1v) is 6.99. The Kier molecular flexibility index (Phi) is 5.67. The van der Waals surface area contributed by atoms with E-state index in [9.17, 15) is 13.2 Å². The number of alkyl halides is 4. The van der Waals surface area contributed by atoms with Crippen molar-refractivity contribution in [1.29, 1.82) is 0 Å². The molecule has 2 nitrogen and oxygen atoms in total. The third-order valence-corrected chi connectivity index (χ3v) is 3.47. The summed E-state index contributed by atoms with van der Waals surface area (Å²) in [5.41, 5.74) is 0.273. The van der Waals surface area contributed by atoms with Gasteiger partial charge in [-0.1, -0.05) is 22.0 Å². The summed E-state index contributed by atoms with van der Waals surface area (Å²) in [4.78, 5) is 3.82. The van der Waals surface area contributed by atoms with Crippen LogP contribution in [-0.2, 0) is 11.5 Å². The van der Waals surface area contributed by atoms with Gasteiger partial charge in [-0.3, -0.25) is 0 Å². The molecule has 108 valence electrons. The highest BCUT2D eigenvalue weighted by Crippen LogP contribution is 2.35. The zero-order chi connectivity index (χ0) is 14.6. The Morgan fingerprint density at radius 1 is 1.11 bits per heavy atom. The summed E-state index contributed by atoms with van der Waals surface area (Å²) in [5, 5.41) is 0.198. The van der Waals surface area contributed by atoms with E-state index in [-0.39, 0.29) is 10.9 Å². The Balaban J connectivity index is 2.98. The molecule has 1 aromatic rings. The summed E-state index contributed by atoms with van der Waals surface area (Å²) in [6, 6.07) is 4.47. The maximum atomic E-state index is 12.9. The SMILES string of the molecule is CN(C)CCN(C)c1ccc(CBr)c(C(F)(F)F)c1. The molecule has 0 aliphatic carbocycles. The smallest absolute Gasteiger partial charge is 0.373 e. The lowest BCUT2D eigenvalue weighted by atomic mass is 10.1. The molecule has 19 heavy (non-hydrogen) atoms. The molecule has 0 atom stereocenters. The van der Waals surface area contributed by atoms with E-state index in [2.05, 4.69) is 15.9 Å². The molecule has 0 bridgehead atoms. The largest absolute Gasteiger partial charge is 0.416 e. The minimum Gasteiger partial charge on any atom is -0.373 e. The molecule has 0 N–H and O–H groups in total.